The van der Waals surface area contributed by atoms with Gasteiger partial charge in [0, 0.05) is 5.56 Å². The Kier molecular flexibility index (Phi) is 6.18. The van der Waals surface area contributed by atoms with Gasteiger partial charge in [-0.2, -0.15) is 0 Å². The van der Waals surface area contributed by atoms with Crippen LogP contribution in [0.25, 0.3) is 11.1 Å². The molecule has 1 N–H and O–H groups in total. The molecule has 0 spiro atoms. The van der Waals surface area contributed by atoms with Crippen molar-refractivity contribution in [2.75, 3.05) is 0 Å². The minimum Gasteiger partial charge on any atom is -0.489 e. The molecule has 0 radical (unpaired) electrons. The lowest BCUT2D eigenvalue weighted by molar-refractivity contribution is 0.0633. The first-order chi connectivity index (χ1) is 12.6. The van der Waals surface area contributed by atoms with Crippen LogP contribution < -0.4 is 4.74 Å². The van der Waals surface area contributed by atoms with Gasteiger partial charge in [0.2, 0.25) is 6.36 Å². The SMILES string of the molecule is O=[PH](O)OC(F)c1cccc(OCc2ccc(-c3ccccc3)cc2)c1. The Hall–Kier alpha value is -2.46. The Morgan fingerprint density at radius 1 is 0.923 bits per heavy atom. The van der Waals surface area contributed by atoms with Gasteiger partial charge < -0.3 is 9.63 Å². The Bertz CT molecular complexity index is 868. The van der Waals surface area contributed by atoms with Crippen LogP contribution in [0.3, 0.4) is 0 Å². The molecule has 0 aliphatic carbocycles. The quantitative estimate of drug-likeness (QED) is 0.572. The number of alkyl halides is 1. The molecule has 26 heavy (non-hydrogen) atoms. The van der Waals surface area contributed by atoms with E-state index in [2.05, 4.69) is 4.52 Å². The lowest BCUT2D eigenvalue weighted by atomic mass is 10.0. The second-order valence-electron chi connectivity index (χ2n) is 5.62. The van der Waals surface area contributed by atoms with E-state index in [1.165, 1.54) is 12.1 Å². The van der Waals surface area contributed by atoms with Crippen molar-refractivity contribution in [2.45, 2.75) is 13.0 Å². The van der Waals surface area contributed by atoms with Gasteiger partial charge in [-0.25, -0.2) is 4.39 Å². The molecule has 4 nitrogen and oxygen atoms in total. The van der Waals surface area contributed by atoms with Crippen molar-refractivity contribution >= 4 is 8.25 Å². The summed E-state index contributed by atoms with van der Waals surface area (Å²) in [4.78, 5) is 8.66. The van der Waals surface area contributed by atoms with E-state index < -0.39 is 14.6 Å². The maximum atomic E-state index is 13.7. The molecule has 0 aliphatic rings. The fourth-order valence-electron chi connectivity index (χ4n) is 2.49. The summed E-state index contributed by atoms with van der Waals surface area (Å²) in [5, 5.41) is 0. The van der Waals surface area contributed by atoms with Crippen molar-refractivity contribution in [1.29, 1.82) is 0 Å². The number of halogens is 1. The van der Waals surface area contributed by atoms with Gasteiger partial charge in [-0.05, 0) is 28.8 Å². The highest BCUT2D eigenvalue weighted by atomic mass is 31.1. The first-order valence-electron chi connectivity index (χ1n) is 8.02. The fraction of sp³-hybridized carbons (Fsp3) is 0.100. The Morgan fingerprint density at radius 3 is 2.31 bits per heavy atom. The molecule has 0 saturated carbocycles. The van der Waals surface area contributed by atoms with Crippen molar-refractivity contribution in [3.05, 3.63) is 90.0 Å². The molecule has 0 aliphatic heterocycles. The molecule has 0 fully saturated rings. The lowest BCUT2D eigenvalue weighted by Gasteiger charge is -2.11. The highest BCUT2D eigenvalue weighted by molar-refractivity contribution is 7.32. The van der Waals surface area contributed by atoms with Crippen LogP contribution in [-0.4, -0.2) is 4.89 Å². The normalized spacial score (nSPS) is 13.2. The maximum absolute atomic E-state index is 13.7. The molecule has 0 amide bonds. The molecule has 6 heteroatoms. The number of hydrogen-bond donors (Lipinski definition) is 1. The van der Waals surface area contributed by atoms with Crippen molar-refractivity contribution < 1.29 is 23.1 Å². The molecule has 2 unspecified atom stereocenters. The lowest BCUT2D eigenvalue weighted by Crippen LogP contribution is -1.97. The fourth-order valence-corrected chi connectivity index (χ4v) is 2.81. The molecule has 0 bridgehead atoms. The third-order valence-electron chi connectivity index (χ3n) is 3.79. The summed E-state index contributed by atoms with van der Waals surface area (Å²) in [6.45, 7) is 0.326. The van der Waals surface area contributed by atoms with Crippen LogP contribution in [0.4, 0.5) is 4.39 Å². The average molecular weight is 372 g/mol. The van der Waals surface area contributed by atoms with Crippen molar-refractivity contribution in [1.82, 2.24) is 0 Å². The molecule has 134 valence electrons. The molecule has 2 atom stereocenters. The van der Waals surface area contributed by atoms with E-state index in [4.69, 9.17) is 9.63 Å². The standard InChI is InChI=1S/C20H18FO4P/c21-20(25-26(22)23)18-7-4-8-19(13-18)24-14-15-9-11-17(12-10-15)16-5-2-1-3-6-16/h1-13,20,26H,14H2,(H,22,23). The average Bonchev–Trinajstić information content (AvgIpc) is 2.67. The zero-order chi connectivity index (χ0) is 18.4. The predicted molar refractivity (Wildman–Crippen MR) is 98.8 cm³/mol. The molecule has 0 aromatic heterocycles. The summed E-state index contributed by atoms with van der Waals surface area (Å²) in [6, 6.07) is 24.3. The second-order valence-corrected chi connectivity index (χ2v) is 6.39. The first kappa shape index (κ1) is 18.3. The summed E-state index contributed by atoms with van der Waals surface area (Å²) in [5.74, 6) is 0.457. The van der Waals surface area contributed by atoms with E-state index in [1.807, 2.05) is 54.6 Å². The Balaban J connectivity index is 1.63. The van der Waals surface area contributed by atoms with Gasteiger partial charge in [0.25, 0.3) is 0 Å². The summed E-state index contributed by atoms with van der Waals surface area (Å²) < 4.78 is 34.3. The maximum Gasteiger partial charge on any atom is 0.319 e. The topological polar surface area (TPSA) is 55.8 Å². The van der Waals surface area contributed by atoms with Gasteiger partial charge in [-0.15, -0.1) is 0 Å². The van der Waals surface area contributed by atoms with Crippen LogP contribution in [0.5, 0.6) is 5.75 Å². The van der Waals surface area contributed by atoms with Crippen LogP contribution in [0.2, 0.25) is 0 Å². The van der Waals surface area contributed by atoms with Gasteiger partial charge >= 0.3 is 8.25 Å². The number of benzene rings is 3. The van der Waals surface area contributed by atoms with Crippen molar-refractivity contribution in [3.63, 3.8) is 0 Å². The summed E-state index contributed by atoms with van der Waals surface area (Å²) in [6.07, 6.45) is -1.96. The van der Waals surface area contributed by atoms with Gasteiger partial charge in [0.05, 0.1) is 0 Å². The molecule has 3 aromatic carbocycles. The minimum atomic E-state index is -3.34. The number of hydrogen-bond acceptors (Lipinski definition) is 3. The van der Waals surface area contributed by atoms with E-state index in [0.717, 1.165) is 16.7 Å². The predicted octanol–water partition coefficient (Wildman–Crippen LogP) is 5.30. The van der Waals surface area contributed by atoms with E-state index in [1.54, 1.807) is 12.1 Å². The van der Waals surface area contributed by atoms with Crippen LogP contribution >= 0.6 is 8.25 Å². The highest BCUT2D eigenvalue weighted by Crippen LogP contribution is 2.31. The molecule has 0 heterocycles. The third kappa shape index (κ3) is 5.02. The highest BCUT2D eigenvalue weighted by Gasteiger charge is 2.13. The zero-order valence-corrected chi connectivity index (χ0v) is 14.8. The van der Waals surface area contributed by atoms with Crippen LogP contribution in [0, 0.1) is 0 Å². The van der Waals surface area contributed by atoms with Gasteiger partial charge in [0.1, 0.15) is 12.4 Å². The largest absolute Gasteiger partial charge is 0.489 e. The van der Waals surface area contributed by atoms with Crippen molar-refractivity contribution in [2.24, 2.45) is 0 Å². The monoisotopic (exact) mass is 372 g/mol. The van der Waals surface area contributed by atoms with Gasteiger partial charge in [0.15, 0.2) is 0 Å². The smallest absolute Gasteiger partial charge is 0.319 e. The summed E-state index contributed by atoms with van der Waals surface area (Å²) in [7, 11) is -3.34. The summed E-state index contributed by atoms with van der Waals surface area (Å²) >= 11 is 0. The van der Waals surface area contributed by atoms with E-state index >= 15 is 0 Å². The van der Waals surface area contributed by atoms with Crippen LogP contribution in [0.15, 0.2) is 78.9 Å². The Morgan fingerprint density at radius 2 is 1.62 bits per heavy atom. The van der Waals surface area contributed by atoms with Crippen LogP contribution in [0.1, 0.15) is 17.5 Å². The van der Waals surface area contributed by atoms with Crippen LogP contribution in [-0.2, 0) is 15.7 Å². The molecular formula is C20H18FO4P. The molecule has 0 saturated heterocycles. The summed E-state index contributed by atoms with van der Waals surface area (Å²) in [5.41, 5.74) is 3.37. The Labute approximate surface area is 151 Å². The van der Waals surface area contributed by atoms with E-state index in [9.17, 15) is 8.96 Å². The van der Waals surface area contributed by atoms with Gasteiger partial charge in [-0.3, -0.25) is 9.09 Å². The number of ether oxygens (including phenoxy) is 1. The first-order valence-corrected chi connectivity index (χ1v) is 9.29. The minimum absolute atomic E-state index is 0.134. The third-order valence-corrected chi connectivity index (χ3v) is 4.20. The number of rotatable bonds is 7. The van der Waals surface area contributed by atoms with Crippen molar-refractivity contribution in [3.8, 4) is 16.9 Å². The van der Waals surface area contributed by atoms with E-state index in [0.29, 0.717) is 12.4 Å². The zero-order valence-electron chi connectivity index (χ0n) is 13.8. The second kappa shape index (κ2) is 8.77. The molecular weight excluding hydrogens is 354 g/mol. The van der Waals surface area contributed by atoms with E-state index in [-0.39, 0.29) is 5.56 Å². The van der Waals surface area contributed by atoms with Gasteiger partial charge in [-0.1, -0.05) is 66.7 Å². The molecule has 3 rings (SSSR count). The molecule has 3 aromatic rings.